The Morgan fingerprint density at radius 3 is 2.54 bits per heavy atom. The number of hydrogen-bond acceptors (Lipinski definition) is 8. The number of rotatable bonds is 6. The average Bonchev–Trinajstić information content (AvgIpc) is 3.29. The summed E-state index contributed by atoms with van der Waals surface area (Å²) in [5, 5.41) is 7.80. The highest BCUT2D eigenvalue weighted by atomic mass is 16.6. The Bertz CT molecular complexity index is 1150. The quantitative estimate of drug-likeness (QED) is 0.540. The number of aromatic nitrogens is 4. The Balaban J connectivity index is 1.36. The first kappa shape index (κ1) is 24.3. The molecule has 3 aromatic rings. The minimum atomic E-state index is -0.487. The van der Waals surface area contributed by atoms with Gasteiger partial charge < -0.3 is 25.4 Å². The van der Waals surface area contributed by atoms with Gasteiger partial charge in [0, 0.05) is 31.4 Å². The van der Waals surface area contributed by atoms with Gasteiger partial charge in [-0.3, -0.25) is 4.68 Å². The minimum absolute atomic E-state index is 0.238. The van der Waals surface area contributed by atoms with Gasteiger partial charge >= 0.3 is 6.09 Å². The van der Waals surface area contributed by atoms with Gasteiger partial charge in [0.05, 0.1) is 31.2 Å². The summed E-state index contributed by atoms with van der Waals surface area (Å²) in [6, 6.07) is 7.78. The van der Waals surface area contributed by atoms with E-state index in [-0.39, 0.29) is 12.1 Å². The Morgan fingerprint density at radius 2 is 1.89 bits per heavy atom. The van der Waals surface area contributed by atoms with E-state index in [1.54, 1.807) is 18.2 Å². The topological polar surface area (TPSA) is 120 Å². The predicted octanol–water partition coefficient (Wildman–Crippen LogP) is 4.17. The molecule has 186 valence electrons. The number of likely N-dealkylation sites (tertiary alicyclic amines) is 1. The van der Waals surface area contributed by atoms with Gasteiger partial charge in [-0.05, 0) is 63.4 Å². The standard InChI is InChI=1S/C25H33N7O3/c1-25(2,3)35-24(33)31-11-9-19(10-12-31)32-16-17(14-28-32)13-22-27-15-21(26)23(30-22)29-18-5-7-20(34-4)8-6-18/h5-8,14-16,19H,9-13,26H2,1-4H3,(H,27,29,30). The van der Waals surface area contributed by atoms with E-state index >= 15 is 0 Å². The van der Waals surface area contributed by atoms with Gasteiger partial charge in [0.2, 0.25) is 0 Å². The second-order valence-electron chi connectivity index (χ2n) is 9.65. The van der Waals surface area contributed by atoms with Crippen LogP contribution in [0.1, 0.15) is 51.0 Å². The van der Waals surface area contributed by atoms with Crippen LogP contribution in [-0.4, -0.2) is 56.5 Å². The average molecular weight is 480 g/mol. The molecule has 3 N–H and O–H groups in total. The van der Waals surface area contributed by atoms with Gasteiger partial charge in [-0.25, -0.2) is 14.8 Å². The van der Waals surface area contributed by atoms with Crippen LogP contribution in [0.5, 0.6) is 5.75 Å². The summed E-state index contributed by atoms with van der Waals surface area (Å²) in [7, 11) is 1.63. The van der Waals surface area contributed by atoms with E-state index in [0.29, 0.717) is 36.8 Å². The lowest BCUT2D eigenvalue weighted by Gasteiger charge is -2.33. The van der Waals surface area contributed by atoms with E-state index in [9.17, 15) is 4.79 Å². The number of methoxy groups -OCH3 is 1. The fourth-order valence-corrected chi connectivity index (χ4v) is 3.91. The van der Waals surface area contributed by atoms with Crippen LogP contribution < -0.4 is 15.8 Å². The van der Waals surface area contributed by atoms with Crippen LogP contribution in [0.25, 0.3) is 0 Å². The number of carbonyl (C=O) groups is 1. The lowest BCUT2D eigenvalue weighted by atomic mass is 10.1. The number of nitrogens with two attached hydrogens (primary N) is 1. The molecule has 0 atom stereocenters. The number of nitrogens with zero attached hydrogens (tertiary/aromatic N) is 5. The minimum Gasteiger partial charge on any atom is -0.497 e. The first-order valence-electron chi connectivity index (χ1n) is 11.7. The Labute approximate surface area is 205 Å². The van der Waals surface area contributed by atoms with E-state index in [1.165, 1.54) is 0 Å². The van der Waals surface area contributed by atoms with Crippen molar-refractivity contribution in [3.8, 4) is 5.75 Å². The SMILES string of the molecule is COc1ccc(Nc2nc(Cc3cnn(C4CCN(C(=O)OC(C)(C)C)CC4)c3)ncc2N)cc1. The molecule has 2 aromatic heterocycles. The van der Waals surface area contributed by atoms with Crippen molar-refractivity contribution >= 4 is 23.3 Å². The summed E-state index contributed by atoms with van der Waals surface area (Å²) < 4.78 is 12.7. The molecule has 1 saturated heterocycles. The Morgan fingerprint density at radius 1 is 1.17 bits per heavy atom. The summed E-state index contributed by atoms with van der Waals surface area (Å²) in [4.78, 5) is 23.1. The van der Waals surface area contributed by atoms with Crippen LogP contribution in [0.15, 0.2) is 42.9 Å². The number of piperidine rings is 1. The molecule has 0 radical (unpaired) electrons. The molecule has 0 unspecified atom stereocenters. The third kappa shape index (κ3) is 6.40. The van der Waals surface area contributed by atoms with Crippen molar-refractivity contribution in [1.82, 2.24) is 24.6 Å². The number of nitrogen functional groups attached to an aromatic ring is 1. The maximum atomic E-state index is 12.3. The third-order valence-corrected chi connectivity index (χ3v) is 5.73. The molecule has 0 saturated carbocycles. The fraction of sp³-hybridized carbons (Fsp3) is 0.440. The van der Waals surface area contributed by atoms with Gasteiger partial charge in [-0.1, -0.05) is 0 Å². The van der Waals surface area contributed by atoms with Crippen LogP contribution >= 0.6 is 0 Å². The zero-order chi connectivity index (χ0) is 25.0. The van der Waals surface area contributed by atoms with Crippen molar-refractivity contribution in [3.05, 3.63) is 54.2 Å². The van der Waals surface area contributed by atoms with Gasteiger partial charge in [0.25, 0.3) is 0 Å². The Hall–Kier alpha value is -3.82. The lowest BCUT2D eigenvalue weighted by molar-refractivity contribution is 0.0184. The molecule has 1 fully saturated rings. The summed E-state index contributed by atoms with van der Waals surface area (Å²) in [5.41, 5.74) is 7.94. The molecule has 35 heavy (non-hydrogen) atoms. The number of amides is 1. The van der Waals surface area contributed by atoms with Gasteiger partial charge in [0.1, 0.15) is 17.2 Å². The van der Waals surface area contributed by atoms with Crippen LogP contribution in [0, 0.1) is 0 Å². The van der Waals surface area contributed by atoms with Crippen molar-refractivity contribution < 1.29 is 14.3 Å². The monoisotopic (exact) mass is 479 g/mol. The van der Waals surface area contributed by atoms with E-state index in [4.69, 9.17) is 15.2 Å². The molecule has 1 aliphatic heterocycles. The first-order chi connectivity index (χ1) is 16.7. The molecule has 10 heteroatoms. The van der Waals surface area contributed by atoms with Crippen LogP contribution in [0.2, 0.25) is 0 Å². The van der Waals surface area contributed by atoms with Crippen molar-refractivity contribution in [1.29, 1.82) is 0 Å². The van der Waals surface area contributed by atoms with Gasteiger partial charge in [-0.15, -0.1) is 0 Å². The number of hydrogen-bond donors (Lipinski definition) is 2. The highest BCUT2D eigenvalue weighted by molar-refractivity contribution is 5.68. The molecule has 0 aliphatic carbocycles. The van der Waals surface area contributed by atoms with Gasteiger partial charge in [0.15, 0.2) is 5.82 Å². The van der Waals surface area contributed by atoms with E-state index in [2.05, 4.69) is 20.4 Å². The predicted molar refractivity (Wildman–Crippen MR) is 134 cm³/mol. The molecule has 1 aromatic carbocycles. The normalized spacial score (nSPS) is 14.6. The molecule has 3 heterocycles. The maximum absolute atomic E-state index is 12.3. The number of nitrogens with one attached hydrogen (secondary N) is 1. The van der Waals surface area contributed by atoms with E-state index < -0.39 is 5.60 Å². The number of benzene rings is 1. The van der Waals surface area contributed by atoms with E-state index in [0.717, 1.165) is 29.8 Å². The van der Waals surface area contributed by atoms with Crippen LogP contribution in [0.3, 0.4) is 0 Å². The smallest absolute Gasteiger partial charge is 0.410 e. The second-order valence-corrected chi connectivity index (χ2v) is 9.65. The summed E-state index contributed by atoms with van der Waals surface area (Å²) in [6.07, 6.45) is 7.43. The molecule has 0 spiro atoms. The largest absolute Gasteiger partial charge is 0.497 e. The van der Waals surface area contributed by atoms with Gasteiger partial charge in [-0.2, -0.15) is 5.10 Å². The van der Waals surface area contributed by atoms with E-state index in [1.807, 2.05) is 62.1 Å². The molecule has 1 amide bonds. The lowest BCUT2D eigenvalue weighted by Crippen LogP contribution is -2.42. The highest BCUT2D eigenvalue weighted by Crippen LogP contribution is 2.25. The van der Waals surface area contributed by atoms with Crippen molar-refractivity contribution in [2.75, 3.05) is 31.2 Å². The molecule has 4 rings (SSSR count). The molecular formula is C25H33N7O3. The fourth-order valence-electron chi connectivity index (χ4n) is 3.91. The molecule has 0 bridgehead atoms. The van der Waals surface area contributed by atoms with Crippen molar-refractivity contribution in [3.63, 3.8) is 0 Å². The second kappa shape index (κ2) is 10.2. The summed E-state index contributed by atoms with van der Waals surface area (Å²) in [5.74, 6) is 1.98. The number of ether oxygens (including phenoxy) is 2. The van der Waals surface area contributed by atoms with Crippen molar-refractivity contribution in [2.45, 2.75) is 51.7 Å². The van der Waals surface area contributed by atoms with Crippen LogP contribution in [0.4, 0.5) is 22.0 Å². The molecule has 1 aliphatic rings. The first-order valence-corrected chi connectivity index (χ1v) is 11.7. The number of carbonyl (C=O) groups excluding carboxylic acids is 1. The zero-order valence-corrected chi connectivity index (χ0v) is 20.7. The summed E-state index contributed by atoms with van der Waals surface area (Å²) >= 11 is 0. The molecule has 10 nitrogen and oxygen atoms in total. The zero-order valence-electron chi connectivity index (χ0n) is 20.7. The van der Waals surface area contributed by atoms with Crippen molar-refractivity contribution in [2.24, 2.45) is 0 Å². The Kier molecular flexibility index (Phi) is 7.09. The number of anilines is 3. The molecular weight excluding hydrogens is 446 g/mol. The van der Waals surface area contributed by atoms with Crippen LogP contribution in [-0.2, 0) is 11.2 Å². The third-order valence-electron chi connectivity index (χ3n) is 5.73. The maximum Gasteiger partial charge on any atom is 0.410 e. The summed E-state index contributed by atoms with van der Waals surface area (Å²) in [6.45, 7) is 6.94. The highest BCUT2D eigenvalue weighted by Gasteiger charge is 2.27.